The largest absolute Gasteiger partial charge is 0.297 e. The average Bonchev–Trinajstić information content (AvgIpc) is 2.87. The molecule has 0 saturated carbocycles. The van der Waals surface area contributed by atoms with Crippen LogP contribution in [0.1, 0.15) is 37.5 Å². The van der Waals surface area contributed by atoms with Crippen LogP contribution in [0.25, 0.3) is 0 Å². The predicted molar refractivity (Wildman–Crippen MR) is 73.9 cm³/mol. The van der Waals surface area contributed by atoms with Gasteiger partial charge in [0.25, 0.3) is 5.91 Å². The topological polar surface area (TPSA) is 59.1 Å². The van der Waals surface area contributed by atoms with Crippen molar-refractivity contribution in [3.05, 3.63) is 32.5 Å². The lowest BCUT2D eigenvalue weighted by Gasteiger charge is -1.97. The molecule has 0 aliphatic carbocycles. The summed E-state index contributed by atoms with van der Waals surface area (Å²) in [6, 6.07) is 1.86. The molecular weight excluding hydrogens is 268 g/mol. The highest BCUT2D eigenvalue weighted by Crippen LogP contribution is 2.23. The molecule has 2 rings (SSSR count). The zero-order chi connectivity index (χ0) is 13.3. The summed E-state index contributed by atoms with van der Waals surface area (Å²) in [6.07, 6.45) is 0. The summed E-state index contributed by atoms with van der Waals surface area (Å²) in [5.41, 5.74) is 1.49. The molecule has 4 nitrogen and oxygen atoms in total. The van der Waals surface area contributed by atoms with Gasteiger partial charge in [-0.2, -0.15) is 0 Å². The highest BCUT2D eigenvalue weighted by molar-refractivity contribution is 7.15. The maximum atomic E-state index is 11.9. The monoisotopic (exact) mass is 280 g/mol. The summed E-state index contributed by atoms with van der Waals surface area (Å²) in [4.78, 5) is 28.9. The highest BCUT2D eigenvalue weighted by atomic mass is 32.1. The summed E-state index contributed by atoms with van der Waals surface area (Å²) in [7, 11) is 0. The summed E-state index contributed by atoms with van der Waals surface area (Å²) >= 11 is 2.71. The normalized spacial score (nSPS) is 10.4. The Kier molecular flexibility index (Phi) is 3.58. The van der Waals surface area contributed by atoms with E-state index in [-0.39, 0.29) is 11.7 Å². The third-order valence-electron chi connectivity index (χ3n) is 2.48. The number of rotatable bonds is 3. The first-order chi connectivity index (χ1) is 8.47. The highest BCUT2D eigenvalue weighted by Gasteiger charge is 2.13. The molecule has 0 radical (unpaired) electrons. The Morgan fingerprint density at radius 1 is 1.33 bits per heavy atom. The molecule has 0 saturated heterocycles. The zero-order valence-corrected chi connectivity index (χ0v) is 11.9. The van der Waals surface area contributed by atoms with Crippen molar-refractivity contribution in [3.63, 3.8) is 0 Å². The van der Waals surface area contributed by atoms with Gasteiger partial charge in [-0.15, -0.1) is 22.7 Å². The molecule has 0 bridgehead atoms. The maximum Gasteiger partial charge on any atom is 0.267 e. The Morgan fingerprint density at radius 3 is 2.56 bits per heavy atom. The number of anilines is 1. The van der Waals surface area contributed by atoms with Gasteiger partial charge in [0.05, 0.1) is 4.88 Å². The summed E-state index contributed by atoms with van der Waals surface area (Å²) < 4.78 is 0. The van der Waals surface area contributed by atoms with Crippen molar-refractivity contribution >= 4 is 39.5 Å². The first-order valence-corrected chi connectivity index (χ1v) is 7.02. The average molecular weight is 280 g/mol. The fraction of sp³-hybridized carbons (Fsp3) is 0.250. The van der Waals surface area contributed by atoms with Gasteiger partial charge in [0.2, 0.25) is 0 Å². The van der Waals surface area contributed by atoms with E-state index in [0.29, 0.717) is 15.7 Å². The predicted octanol–water partition coefficient (Wildman–Crippen LogP) is 3.28. The van der Waals surface area contributed by atoms with Crippen LogP contribution < -0.4 is 5.32 Å². The molecule has 0 aliphatic heterocycles. The molecule has 0 atom stereocenters. The Hall–Kier alpha value is -1.53. The number of nitrogens with one attached hydrogen (secondary N) is 1. The number of thiophene rings is 1. The SMILES string of the molecule is CC(=O)c1csc(NC(=O)c2cc(C)c(C)s2)n1. The summed E-state index contributed by atoms with van der Waals surface area (Å²) in [5, 5.41) is 4.80. The van der Waals surface area contributed by atoms with Gasteiger partial charge < -0.3 is 0 Å². The second-order valence-electron chi connectivity index (χ2n) is 3.90. The van der Waals surface area contributed by atoms with Crippen LogP contribution in [0.4, 0.5) is 5.13 Å². The number of hydrogen-bond donors (Lipinski definition) is 1. The Labute approximate surface area is 113 Å². The number of nitrogens with zero attached hydrogens (tertiary/aromatic N) is 1. The van der Waals surface area contributed by atoms with Crippen LogP contribution >= 0.6 is 22.7 Å². The first-order valence-electron chi connectivity index (χ1n) is 5.32. The van der Waals surface area contributed by atoms with E-state index in [4.69, 9.17) is 0 Å². The minimum absolute atomic E-state index is 0.102. The van der Waals surface area contributed by atoms with Crippen LogP contribution in [0.2, 0.25) is 0 Å². The molecule has 1 N–H and O–H groups in total. The van der Waals surface area contributed by atoms with Gasteiger partial charge in [-0.05, 0) is 25.5 Å². The molecule has 2 heterocycles. The number of Topliss-reactive ketones (excluding diaryl/α,β-unsaturated/α-hetero) is 1. The van der Waals surface area contributed by atoms with Gasteiger partial charge in [-0.3, -0.25) is 14.9 Å². The lowest BCUT2D eigenvalue weighted by atomic mass is 10.3. The number of aromatic nitrogens is 1. The van der Waals surface area contributed by atoms with E-state index < -0.39 is 0 Å². The number of carbonyl (C=O) groups is 2. The molecule has 0 fully saturated rings. The van der Waals surface area contributed by atoms with Crippen molar-refractivity contribution < 1.29 is 9.59 Å². The standard InChI is InChI=1S/C12H12N2O2S2/c1-6-4-10(18-8(6)3)11(16)14-12-13-9(5-17-12)7(2)15/h4-5H,1-3H3,(H,13,14,16). The third kappa shape index (κ3) is 2.65. The van der Waals surface area contributed by atoms with E-state index in [1.807, 2.05) is 19.9 Å². The minimum Gasteiger partial charge on any atom is -0.297 e. The zero-order valence-electron chi connectivity index (χ0n) is 10.2. The van der Waals surface area contributed by atoms with E-state index >= 15 is 0 Å². The molecule has 0 aromatic carbocycles. The van der Waals surface area contributed by atoms with Crippen LogP contribution in [0, 0.1) is 13.8 Å². The summed E-state index contributed by atoms with van der Waals surface area (Å²) in [6.45, 7) is 5.40. The van der Waals surface area contributed by atoms with E-state index in [0.717, 1.165) is 10.4 Å². The fourth-order valence-electron chi connectivity index (χ4n) is 1.34. The first kappa shape index (κ1) is 12.9. The molecule has 0 unspecified atom stereocenters. The quantitative estimate of drug-likeness (QED) is 0.878. The molecule has 18 heavy (non-hydrogen) atoms. The Bertz CT molecular complexity index is 594. The van der Waals surface area contributed by atoms with Gasteiger partial charge in [0.1, 0.15) is 5.69 Å². The lowest BCUT2D eigenvalue weighted by molar-refractivity contribution is 0.100. The van der Waals surface area contributed by atoms with E-state index in [1.165, 1.54) is 29.6 Å². The molecule has 6 heteroatoms. The second-order valence-corrected chi connectivity index (χ2v) is 6.01. The smallest absolute Gasteiger partial charge is 0.267 e. The Balaban J connectivity index is 2.13. The summed E-state index contributed by atoms with van der Waals surface area (Å²) in [5.74, 6) is -0.282. The number of aryl methyl sites for hydroxylation is 2. The van der Waals surface area contributed by atoms with Gasteiger partial charge >= 0.3 is 0 Å². The van der Waals surface area contributed by atoms with Crippen molar-refractivity contribution in [2.45, 2.75) is 20.8 Å². The molecule has 0 aliphatic rings. The number of thiazole rings is 1. The number of ketones is 1. The van der Waals surface area contributed by atoms with Gasteiger partial charge in [-0.25, -0.2) is 4.98 Å². The van der Waals surface area contributed by atoms with Crippen LogP contribution in [0.3, 0.4) is 0 Å². The van der Waals surface area contributed by atoms with Crippen LogP contribution in [0.5, 0.6) is 0 Å². The fourth-order valence-corrected chi connectivity index (χ4v) is 3.01. The minimum atomic E-state index is -0.180. The molecule has 2 aromatic rings. The van der Waals surface area contributed by atoms with Gasteiger partial charge in [-0.1, -0.05) is 0 Å². The molecule has 2 aromatic heterocycles. The third-order valence-corrected chi connectivity index (χ3v) is 4.38. The molecule has 94 valence electrons. The lowest BCUT2D eigenvalue weighted by Crippen LogP contribution is -2.10. The van der Waals surface area contributed by atoms with Crippen molar-refractivity contribution in [1.82, 2.24) is 4.98 Å². The molecule has 1 amide bonds. The number of hydrogen-bond acceptors (Lipinski definition) is 5. The van der Waals surface area contributed by atoms with Crippen molar-refractivity contribution in [1.29, 1.82) is 0 Å². The maximum absolute atomic E-state index is 11.9. The van der Waals surface area contributed by atoms with Crippen molar-refractivity contribution in [2.24, 2.45) is 0 Å². The number of carbonyl (C=O) groups excluding carboxylic acids is 2. The second kappa shape index (κ2) is 4.99. The van der Waals surface area contributed by atoms with E-state index in [9.17, 15) is 9.59 Å². The van der Waals surface area contributed by atoms with Crippen LogP contribution in [-0.2, 0) is 0 Å². The van der Waals surface area contributed by atoms with Gasteiger partial charge in [0.15, 0.2) is 10.9 Å². The Morgan fingerprint density at radius 2 is 2.06 bits per heavy atom. The van der Waals surface area contributed by atoms with Crippen LogP contribution in [-0.4, -0.2) is 16.7 Å². The van der Waals surface area contributed by atoms with Gasteiger partial charge in [0, 0.05) is 17.2 Å². The van der Waals surface area contributed by atoms with E-state index in [1.54, 1.807) is 5.38 Å². The van der Waals surface area contributed by atoms with Crippen LogP contribution in [0.15, 0.2) is 11.4 Å². The molecule has 0 spiro atoms. The van der Waals surface area contributed by atoms with E-state index in [2.05, 4.69) is 10.3 Å². The number of amides is 1. The molecular formula is C12H12N2O2S2. The van der Waals surface area contributed by atoms with Crippen molar-refractivity contribution in [3.8, 4) is 0 Å². The van der Waals surface area contributed by atoms with Crippen molar-refractivity contribution in [2.75, 3.05) is 5.32 Å².